The Morgan fingerprint density at radius 1 is 1.35 bits per heavy atom. The number of amides is 2. The van der Waals surface area contributed by atoms with Crippen molar-refractivity contribution in [3.63, 3.8) is 0 Å². The van der Waals surface area contributed by atoms with E-state index < -0.39 is 0 Å². The minimum Gasteiger partial charge on any atom is -0.370 e. The molecule has 1 aliphatic rings. The topological polar surface area (TPSA) is 59.4 Å². The fourth-order valence-corrected chi connectivity index (χ4v) is 3.23. The second kappa shape index (κ2) is 7.91. The largest absolute Gasteiger partial charge is 0.370 e. The molecule has 0 saturated carbocycles. The molecule has 1 saturated heterocycles. The Morgan fingerprint density at radius 2 is 2.08 bits per heavy atom. The molecule has 1 atom stereocenters. The van der Waals surface area contributed by atoms with Crippen LogP contribution in [0, 0.1) is 0 Å². The molecule has 2 amide bonds. The first-order chi connectivity index (χ1) is 12.5. The summed E-state index contributed by atoms with van der Waals surface area (Å²) < 4.78 is 7.63. The van der Waals surface area contributed by atoms with Crippen molar-refractivity contribution < 1.29 is 9.53 Å². The van der Waals surface area contributed by atoms with Crippen molar-refractivity contribution in [1.29, 1.82) is 0 Å². The van der Waals surface area contributed by atoms with E-state index >= 15 is 0 Å². The number of carbonyl (C=O) groups is 1. The smallest absolute Gasteiger partial charge is 0.322 e. The Morgan fingerprint density at radius 3 is 2.73 bits per heavy atom. The van der Waals surface area contributed by atoms with Crippen LogP contribution in [-0.4, -0.2) is 40.4 Å². The summed E-state index contributed by atoms with van der Waals surface area (Å²) in [5.74, 6) is 0.251. The van der Waals surface area contributed by atoms with E-state index in [1.165, 1.54) is 5.56 Å². The maximum absolute atomic E-state index is 12.8. The van der Waals surface area contributed by atoms with Gasteiger partial charge in [-0.05, 0) is 23.5 Å². The first-order valence-electron chi connectivity index (χ1n) is 9.27. The molecule has 1 aromatic heterocycles. The minimum absolute atomic E-state index is 0.0844. The summed E-state index contributed by atoms with van der Waals surface area (Å²) in [4.78, 5) is 14.6. The van der Waals surface area contributed by atoms with E-state index in [2.05, 4.69) is 55.5 Å². The number of ether oxygens (including phenoxy) is 1. The third-order valence-corrected chi connectivity index (χ3v) is 4.76. The van der Waals surface area contributed by atoms with Crippen molar-refractivity contribution in [1.82, 2.24) is 14.7 Å². The van der Waals surface area contributed by atoms with Gasteiger partial charge in [-0.3, -0.25) is 4.68 Å². The number of carbonyl (C=O) groups excluding carboxylic acids is 1. The monoisotopic (exact) mass is 356 g/mol. The fourth-order valence-electron chi connectivity index (χ4n) is 3.23. The van der Waals surface area contributed by atoms with Gasteiger partial charge in [0, 0.05) is 19.8 Å². The average molecular weight is 356 g/mol. The van der Waals surface area contributed by atoms with E-state index in [4.69, 9.17) is 4.74 Å². The van der Waals surface area contributed by atoms with Gasteiger partial charge in [-0.25, -0.2) is 4.79 Å². The molecule has 0 unspecified atom stereocenters. The lowest BCUT2D eigenvalue weighted by molar-refractivity contribution is -0.0135. The van der Waals surface area contributed by atoms with Gasteiger partial charge in [0.2, 0.25) is 0 Å². The van der Waals surface area contributed by atoms with E-state index in [-0.39, 0.29) is 18.1 Å². The van der Waals surface area contributed by atoms with Gasteiger partial charge in [-0.2, -0.15) is 5.10 Å². The van der Waals surface area contributed by atoms with Crippen molar-refractivity contribution in [2.75, 3.05) is 25.0 Å². The van der Waals surface area contributed by atoms with Crippen molar-refractivity contribution in [2.45, 2.75) is 39.2 Å². The standard InChI is InChI=1S/C20H28N4O2/c1-5-15-6-8-16(9-7-15)18-13-24(10-11-26-18)20(25)21-17-12-23(4)22-19(17)14(2)3/h6-9,12,14,18H,5,10-11,13H2,1-4H3,(H,21,25)/t18-/m1/s1. The zero-order valence-corrected chi connectivity index (χ0v) is 16.0. The van der Waals surface area contributed by atoms with Crippen LogP contribution in [-0.2, 0) is 18.2 Å². The van der Waals surface area contributed by atoms with Crippen LogP contribution in [0.3, 0.4) is 0 Å². The van der Waals surface area contributed by atoms with E-state index in [9.17, 15) is 4.79 Å². The first-order valence-corrected chi connectivity index (χ1v) is 9.27. The summed E-state index contributed by atoms with van der Waals surface area (Å²) >= 11 is 0. The first kappa shape index (κ1) is 18.5. The van der Waals surface area contributed by atoms with Gasteiger partial charge in [-0.15, -0.1) is 0 Å². The number of nitrogens with one attached hydrogen (secondary N) is 1. The molecule has 26 heavy (non-hydrogen) atoms. The van der Waals surface area contributed by atoms with Gasteiger partial charge < -0.3 is 15.0 Å². The molecule has 1 fully saturated rings. The summed E-state index contributed by atoms with van der Waals surface area (Å²) in [6.07, 6.45) is 2.79. The van der Waals surface area contributed by atoms with Gasteiger partial charge in [0.05, 0.1) is 24.5 Å². The molecule has 0 radical (unpaired) electrons. The van der Waals surface area contributed by atoms with Crippen molar-refractivity contribution >= 4 is 11.7 Å². The number of nitrogens with zero attached hydrogens (tertiary/aromatic N) is 3. The van der Waals surface area contributed by atoms with Gasteiger partial charge in [0.1, 0.15) is 6.10 Å². The van der Waals surface area contributed by atoms with Crippen molar-refractivity contribution in [3.8, 4) is 0 Å². The Labute approximate surface area is 155 Å². The average Bonchev–Trinajstić information content (AvgIpc) is 3.02. The Kier molecular flexibility index (Phi) is 5.61. The molecule has 2 aromatic rings. The zero-order chi connectivity index (χ0) is 18.7. The highest BCUT2D eigenvalue weighted by Crippen LogP contribution is 2.25. The number of hydrogen-bond acceptors (Lipinski definition) is 3. The lowest BCUT2D eigenvalue weighted by Gasteiger charge is -2.33. The van der Waals surface area contributed by atoms with Crippen LogP contribution in [0.15, 0.2) is 30.5 Å². The predicted octanol–water partition coefficient (Wildman–Crippen LogP) is 3.71. The molecule has 1 aliphatic heterocycles. The lowest BCUT2D eigenvalue weighted by atomic mass is 10.0. The summed E-state index contributed by atoms with van der Waals surface area (Å²) in [6, 6.07) is 8.36. The zero-order valence-electron chi connectivity index (χ0n) is 16.0. The van der Waals surface area contributed by atoms with E-state index in [0.717, 1.165) is 23.4 Å². The molecule has 1 aromatic carbocycles. The third kappa shape index (κ3) is 4.07. The Hall–Kier alpha value is -2.34. The van der Waals surface area contributed by atoms with Crippen LogP contribution >= 0.6 is 0 Å². The number of anilines is 1. The van der Waals surface area contributed by atoms with Crippen molar-refractivity contribution in [2.24, 2.45) is 7.05 Å². The second-order valence-corrected chi connectivity index (χ2v) is 7.09. The van der Waals surface area contributed by atoms with Gasteiger partial charge in [-0.1, -0.05) is 45.0 Å². The quantitative estimate of drug-likeness (QED) is 0.908. The normalized spacial score (nSPS) is 17.6. The number of rotatable bonds is 4. The summed E-state index contributed by atoms with van der Waals surface area (Å²) in [5.41, 5.74) is 4.10. The van der Waals surface area contributed by atoms with Crippen LogP contribution < -0.4 is 5.32 Å². The third-order valence-electron chi connectivity index (χ3n) is 4.76. The van der Waals surface area contributed by atoms with E-state index in [0.29, 0.717) is 19.7 Å². The van der Waals surface area contributed by atoms with Crippen LogP contribution in [0.1, 0.15) is 49.6 Å². The number of aryl methyl sites for hydroxylation is 2. The van der Waals surface area contributed by atoms with Crippen LogP contribution in [0.5, 0.6) is 0 Å². The Balaban J connectivity index is 1.68. The number of morpholine rings is 1. The van der Waals surface area contributed by atoms with Gasteiger partial charge in [0.15, 0.2) is 0 Å². The van der Waals surface area contributed by atoms with Crippen LogP contribution in [0.2, 0.25) is 0 Å². The molecular formula is C20H28N4O2. The predicted molar refractivity (Wildman–Crippen MR) is 102 cm³/mol. The number of hydrogen-bond donors (Lipinski definition) is 1. The molecule has 0 spiro atoms. The number of benzene rings is 1. The molecular weight excluding hydrogens is 328 g/mol. The fraction of sp³-hybridized carbons (Fsp3) is 0.500. The van der Waals surface area contributed by atoms with E-state index in [1.54, 1.807) is 4.68 Å². The van der Waals surface area contributed by atoms with Crippen molar-refractivity contribution in [3.05, 3.63) is 47.3 Å². The van der Waals surface area contributed by atoms with Crippen LogP contribution in [0.4, 0.5) is 10.5 Å². The molecule has 6 nitrogen and oxygen atoms in total. The second-order valence-electron chi connectivity index (χ2n) is 7.09. The minimum atomic E-state index is -0.0987. The summed E-state index contributed by atoms with van der Waals surface area (Å²) in [5, 5.41) is 7.47. The van der Waals surface area contributed by atoms with Gasteiger partial charge >= 0.3 is 6.03 Å². The molecule has 0 bridgehead atoms. The highest BCUT2D eigenvalue weighted by atomic mass is 16.5. The maximum Gasteiger partial charge on any atom is 0.322 e. The number of urea groups is 1. The highest BCUT2D eigenvalue weighted by molar-refractivity contribution is 5.90. The molecule has 2 heterocycles. The molecule has 1 N–H and O–H groups in total. The molecule has 3 rings (SSSR count). The molecule has 140 valence electrons. The molecule has 6 heteroatoms. The summed E-state index contributed by atoms with van der Waals surface area (Å²) in [6.45, 7) is 7.96. The maximum atomic E-state index is 12.8. The number of aromatic nitrogens is 2. The molecule has 0 aliphatic carbocycles. The lowest BCUT2D eigenvalue weighted by Crippen LogP contribution is -2.44. The Bertz CT molecular complexity index is 752. The SMILES string of the molecule is CCc1ccc([C@H]2CN(C(=O)Nc3cn(C)nc3C(C)C)CCO2)cc1. The van der Waals surface area contributed by atoms with Crippen LogP contribution in [0.25, 0.3) is 0 Å². The van der Waals surface area contributed by atoms with Gasteiger partial charge in [0.25, 0.3) is 0 Å². The summed E-state index contributed by atoms with van der Waals surface area (Å²) in [7, 11) is 1.87. The highest BCUT2D eigenvalue weighted by Gasteiger charge is 2.26. The van der Waals surface area contributed by atoms with E-state index in [1.807, 2.05) is 18.1 Å².